The SMILES string of the molecule is COC(=O)CCCCC(=O)Nc1cc(C2CCN(C(C)C)CC2)c[nH]1. The normalized spacial score (nSPS) is 16.2. The van der Waals surface area contributed by atoms with Gasteiger partial charge in [0, 0.05) is 25.1 Å². The summed E-state index contributed by atoms with van der Waals surface area (Å²) in [6.45, 7) is 6.76. The number of nitrogens with one attached hydrogen (secondary N) is 2. The number of unbranched alkanes of at least 4 members (excludes halogenated alkanes) is 1. The molecular weight excluding hydrogens is 318 g/mol. The van der Waals surface area contributed by atoms with E-state index in [-0.39, 0.29) is 11.9 Å². The van der Waals surface area contributed by atoms with Crippen LogP contribution in [0.3, 0.4) is 0 Å². The Labute approximate surface area is 150 Å². The van der Waals surface area contributed by atoms with Crippen LogP contribution in [0.5, 0.6) is 0 Å². The molecule has 0 unspecified atom stereocenters. The zero-order chi connectivity index (χ0) is 18.2. The monoisotopic (exact) mass is 349 g/mol. The second-order valence-corrected chi connectivity index (χ2v) is 7.08. The standard InChI is InChI=1S/C19H31N3O3/c1-14(2)22-10-8-15(9-11-22)16-12-17(20-13-16)21-18(23)6-4-5-7-19(24)25-3/h12-15,20H,4-11H2,1-3H3,(H,21,23). The molecule has 2 N–H and O–H groups in total. The number of ether oxygens (including phenoxy) is 1. The maximum atomic E-state index is 12.0. The van der Waals surface area contributed by atoms with Crippen molar-refractivity contribution in [2.24, 2.45) is 0 Å². The van der Waals surface area contributed by atoms with Gasteiger partial charge < -0.3 is 19.9 Å². The maximum absolute atomic E-state index is 12.0. The number of aromatic nitrogens is 1. The lowest BCUT2D eigenvalue weighted by Crippen LogP contribution is -2.37. The van der Waals surface area contributed by atoms with Crippen molar-refractivity contribution < 1.29 is 14.3 Å². The van der Waals surface area contributed by atoms with E-state index in [0.29, 0.717) is 37.6 Å². The Morgan fingerprint density at radius 2 is 1.96 bits per heavy atom. The fraction of sp³-hybridized carbons (Fsp3) is 0.684. The average Bonchev–Trinajstić information content (AvgIpc) is 3.07. The van der Waals surface area contributed by atoms with E-state index in [0.717, 1.165) is 31.7 Å². The smallest absolute Gasteiger partial charge is 0.305 e. The number of esters is 1. The van der Waals surface area contributed by atoms with Crippen LogP contribution in [0.15, 0.2) is 12.3 Å². The van der Waals surface area contributed by atoms with Crippen LogP contribution >= 0.6 is 0 Å². The van der Waals surface area contributed by atoms with Gasteiger partial charge in [0.25, 0.3) is 0 Å². The summed E-state index contributed by atoms with van der Waals surface area (Å²) in [7, 11) is 1.38. The van der Waals surface area contributed by atoms with Gasteiger partial charge in [-0.1, -0.05) is 0 Å². The zero-order valence-corrected chi connectivity index (χ0v) is 15.6. The summed E-state index contributed by atoms with van der Waals surface area (Å²) in [6, 6.07) is 2.67. The van der Waals surface area contributed by atoms with Crippen molar-refractivity contribution in [3.63, 3.8) is 0 Å². The Morgan fingerprint density at radius 3 is 2.60 bits per heavy atom. The highest BCUT2D eigenvalue weighted by molar-refractivity contribution is 5.89. The van der Waals surface area contributed by atoms with E-state index in [1.807, 2.05) is 6.20 Å². The molecule has 6 heteroatoms. The number of rotatable bonds is 8. The maximum Gasteiger partial charge on any atom is 0.305 e. The third kappa shape index (κ3) is 6.20. The Kier molecular flexibility index (Phi) is 7.50. The van der Waals surface area contributed by atoms with Gasteiger partial charge in [-0.05, 0) is 70.2 Å². The zero-order valence-electron chi connectivity index (χ0n) is 15.6. The summed E-state index contributed by atoms with van der Waals surface area (Å²) in [5.41, 5.74) is 1.28. The minimum absolute atomic E-state index is 0.0205. The second-order valence-electron chi connectivity index (χ2n) is 7.08. The van der Waals surface area contributed by atoms with Crippen molar-refractivity contribution in [3.8, 4) is 0 Å². The molecule has 2 rings (SSSR count). The van der Waals surface area contributed by atoms with Crippen LogP contribution in [0.2, 0.25) is 0 Å². The molecule has 140 valence electrons. The van der Waals surface area contributed by atoms with E-state index >= 15 is 0 Å². The van der Waals surface area contributed by atoms with Crippen molar-refractivity contribution in [3.05, 3.63) is 17.8 Å². The van der Waals surface area contributed by atoms with Gasteiger partial charge in [0.15, 0.2) is 0 Å². The molecule has 1 aliphatic heterocycles. The van der Waals surface area contributed by atoms with Crippen molar-refractivity contribution in [2.45, 2.75) is 64.3 Å². The molecule has 1 saturated heterocycles. The van der Waals surface area contributed by atoms with Gasteiger partial charge in [-0.25, -0.2) is 0 Å². The minimum atomic E-state index is -0.224. The fourth-order valence-corrected chi connectivity index (χ4v) is 3.34. The predicted molar refractivity (Wildman–Crippen MR) is 98.6 cm³/mol. The average molecular weight is 349 g/mol. The van der Waals surface area contributed by atoms with Gasteiger partial charge in [0.1, 0.15) is 5.82 Å². The second kappa shape index (κ2) is 9.61. The topological polar surface area (TPSA) is 74.4 Å². The van der Waals surface area contributed by atoms with Crippen molar-refractivity contribution >= 4 is 17.7 Å². The molecule has 0 aliphatic carbocycles. The van der Waals surface area contributed by atoms with Crippen LogP contribution in [0.4, 0.5) is 5.82 Å². The van der Waals surface area contributed by atoms with Crippen LogP contribution < -0.4 is 5.32 Å². The van der Waals surface area contributed by atoms with Gasteiger partial charge >= 0.3 is 5.97 Å². The first-order valence-electron chi connectivity index (χ1n) is 9.28. The van der Waals surface area contributed by atoms with Crippen molar-refractivity contribution in [1.82, 2.24) is 9.88 Å². The third-order valence-corrected chi connectivity index (χ3v) is 4.97. The van der Waals surface area contributed by atoms with Crippen molar-refractivity contribution in [1.29, 1.82) is 0 Å². The number of piperidine rings is 1. The number of methoxy groups -OCH3 is 1. The molecule has 1 fully saturated rings. The van der Waals surface area contributed by atoms with Crippen LogP contribution in [0.25, 0.3) is 0 Å². The van der Waals surface area contributed by atoms with Gasteiger partial charge in [-0.3, -0.25) is 9.59 Å². The fourth-order valence-electron chi connectivity index (χ4n) is 3.34. The number of carbonyl (C=O) groups excluding carboxylic acids is 2. The lowest BCUT2D eigenvalue weighted by Gasteiger charge is -2.34. The van der Waals surface area contributed by atoms with E-state index in [2.05, 4.69) is 39.9 Å². The minimum Gasteiger partial charge on any atom is -0.469 e. The third-order valence-electron chi connectivity index (χ3n) is 4.97. The number of aromatic amines is 1. The number of anilines is 1. The first kappa shape index (κ1) is 19.5. The largest absolute Gasteiger partial charge is 0.469 e. The first-order valence-corrected chi connectivity index (χ1v) is 9.28. The molecule has 0 bridgehead atoms. The number of hydrogen-bond donors (Lipinski definition) is 2. The molecule has 0 saturated carbocycles. The van der Waals surface area contributed by atoms with E-state index in [1.54, 1.807) is 0 Å². The van der Waals surface area contributed by atoms with Crippen LogP contribution in [-0.2, 0) is 14.3 Å². The molecule has 1 amide bonds. The van der Waals surface area contributed by atoms with Gasteiger partial charge in [0.2, 0.25) is 5.91 Å². The molecule has 0 radical (unpaired) electrons. The Bertz CT molecular complexity index is 560. The highest BCUT2D eigenvalue weighted by atomic mass is 16.5. The van der Waals surface area contributed by atoms with Gasteiger partial charge in [-0.2, -0.15) is 0 Å². The molecule has 1 aromatic rings. The highest BCUT2D eigenvalue weighted by Crippen LogP contribution is 2.30. The number of likely N-dealkylation sites (tertiary alicyclic amines) is 1. The van der Waals surface area contributed by atoms with E-state index in [1.165, 1.54) is 12.7 Å². The van der Waals surface area contributed by atoms with E-state index in [4.69, 9.17) is 0 Å². The summed E-state index contributed by atoms with van der Waals surface area (Å²) in [4.78, 5) is 28.7. The molecule has 0 atom stereocenters. The summed E-state index contributed by atoms with van der Waals surface area (Å²) in [6.07, 6.45) is 6.48. The first-order chi connectivity index (χ1) is 12.0. The van der Waals surface area contributed by atoms with Crippen LogP contribution in [0, 0.1) is 0 Å². The van der Waals surface area contributed by atoms with E-state index < -0.39 is 0 Å². The molecule has 0 aromatic carbocycles. The molecule has 2 heterocycles. The number of H-pyrrole nitrogens is 1. The van der Waals surface area contributed by atoms with Gasteiger partial charge in [-0.15, -0.1) is 0 Å². The molecule has 6 nitrogen and oxygen atoms in total. The molecule has 25 heavy (non-hydrogen) atoms. The lowest BCUT2D eigenvalue weighted by molar-refractivity contribution is -0.140. The van der Waals surface area contributed by atoms with Crippen molar-refractivity contribution in [2.75, 3.05) is 25.5 Å². The number of hydrogen-bond acceptors (Lipinski definition) is 4. The summed E-state index contributed by atoms with van der Waals surface area (Å²) < 4.78 is 4.59. The summed E-state index contributed by atoms with van der Waals surface area (Å²) >= 11 is 0. The van der Waals surface area contributed by atoms with Crippen LogP contribution in [0.1, 0.15) is 63.9 Å². The molecular formula is C19H31N3O3. The van der Waals surface area contributed by atoms with Crippen LogP contribution in [-0.4, -0.2) is 48.0 Å². The number of nitrogens with zero attached hydrogens (tertiary/aromatic N) is 1. The summed E-state index contributed by atoms with van der Waals surface area (Å²) in [5.74, 6) is 1.09. The quantitative estimate of drug-likeness (QED) is 0.558. The molecule has 1 aliphatic rings. The van der Waals surface area contributed by atoms with E-state index in [9.17, 15) is 9.59 Å². The Balaban J connectivity index is 1.72. The Morgan fingerprint density at radius 1 is 1.28 bits per heavy atom. The summed E-state index contributed by atoms with van der Waals surface area (Å²) in [5, 5.41) is 2.91. The Hall–Kier alpha value is -1.82. The number of carbonyl (C=O) groups is 2. The lowest BCUT2D eigenvalue weighted by atomic mass is 9.91. The molecule has 0 spiro atoms. The predicted octanol–water partition coefficient (Wildman–Crippen LogP) is 3.27. The number of amides is 1. The van der Waals surface area contributed by atoms with Gasteiger partial charge in [0.05, 0.1) is 7.11 Å². The highest BCUT2D eigenvalue weighted by Gasteiger charge is 2.22. The molecule has 1 aromatic heterocycles.